The smallest absolute Gasteiger partial charge is 0.185 e. The summed E-state index contributed by atoms with van der Waals surface area (Å²) in [5.41, 5.74) is 3.71. The van der Waals surface area contributed by atoms with Crippen LogP contribution in [0.15, 0.2) is 0 Å². The molecule has 0 aromatic carbocycles. The Kier molecular flexibility index (Phi) is 12.8. The zero-order chi connectivity index (χ0) is 12.3. The molecule has 0 aromatic heterocycles. The van der Waals surface area contributed by atoms with Crippen LogP contribution in [0.25, 0.3) is 0 Å². The third kappa shape index (κ3) is 19.7. The summed E-state index contributed by atoms with van der Waals surface area (Å²) in [6.07, 6.45) is 2.52. The third-order valence-electron chi connectivity index (χ3n) is 1.49. The maximum Gasteiger partial charge on any atom is 0.185 e. The van der Waals surface area contributed by atoms with Crippen LogP contribution in [0.5, 0.6) is 0 Å². The molecule has 5 nitrogen and oxygen atoms in total. The Bertz CT molecular complexity index is 148. The van der Waals surface area contributed by atoms with Crippen molar-refractivity contribution in [2.45, 2.75) is 52.4 Å². The second kappa shape index (κ2) is 11.4. The van der Waals surface area contributed by atoms with E-state index in [9.17, 15) is 9.90 Å². The van der Waals surface area contributed by atoms with E-state index in [4.69, 9.17) is 9.84 Å². The SMILES string of the molecule is CC(O)C(=O)[O-].CCCCCOC(C)[NH3+]. The number of unbranched alkanes of at least 4 members (excludes halogenated alkanes) is 2. The Balaban J connectivity index is 0. The monoisotopic (exact) mass is 221 g/mol. The Labute approximate surface area is 91.2 Å². The summed E-state index contributed by atoms with van der Waals surface area (Å²) in [6.45, 7) is 6.16. The van der Waals surface area contributed by atoms with Gasteiger partial charge in [0.1, 0.15) is 0 Å². The molecule has 0 aliphatic heterocycles. The molecule has 15 heavy (non-hydrogen) atoms. The average molecular weight is 221 g/mol. The number of carboxylic acids is 1. The van der Waals surface area contributed by atoms with Gasteiger partial charge in [0.05, 0.1) is 18.7 Å². The van der Waals surface area contributed by atoms with Crippen molar-refractivity contribution >= 4 is 5.97 Å². The van der Waals surface area contributed by atoms with E-state index in [0.717, 1.165) is 13.5 Å². The summed E-state index contributed by atoms with van der Waals surface area (Å²) in [7, 11) is 0. The number of carbonyl (C=O) groups excluding carboxylic acids is 1. The average Bonchev–Trinajstić information content (AvgIpc) is 2.13. The van der Waals surface area contributed by atoms with Crippen LogP contribution < -0.4 is 10.8 Å². The lowest BCUT2D eigenvalue weighted by atomic mass is 10.3. The van der Waals surface area contributed by atoms with Crippen molar-refractivity contribution in [3.63, 3.8) is 0 Å². The number of hydrogen-bond donors (Lipinski definition) is 2. The highest BCUT2D eigenvalue weighted by atomic mass is 16.5. The summed E-state index contributed by atoms with van der Waals surface area (Å²) in [5.74, 6) is -1.44. The predicted octanol–water partition coefficient (Wildman–Crippen LogP) is -1.10. The zero-order valence-electron chi connectivity index (χ0n) is 9.86. The molecule has 4 N–H and O–H groups in total. The molecule has 5 heteroatoms. The van der Waals surface area contributed by atoms with Crippen LogP contribution >= 0.6 is 0 Å². The van der Waals surface area contributed by atoms with E-state index in [-0.39, 0.29) is 6.23 Å². The van der Waals surface area contributed by atoms with E-state index in [1.54, 1.807) is 0 Å². The van der Waals surface area contributed by atoms with Gasteiger partial charge in [0, 0.05) is 6.92 Å². The summed E-state index contributed by atoms with van der Waals surface area (Å²) >= 11 is 0. The van der Waals surface area contributed by atoms with Crippen LogP contribution in [0.2, 0.25) is 0 Å². The van der Waals surface area contributed by atoms with Crippen LogP contribution in [0.3, 0.4) is 0 Å². The van der Waals surface area contributed by atoms with Crippen LogP contribution in [0, 0.1) is 0 Å². The Morgan fingerprint density at radius 2 is 1.93 bits per heavy atom. The maximum absolute atomic E-state index is 9.34. The van der Waals surface area contributed by atoms with Gasteiger partial charge in [-0.1, -0.05) is 19.8 Å². The van der Waals surface area contributed by atoms with E-state index in [1.807, 2.05) is 6.92 Å². The first-order chi connectivity index (χ1) is 6.91. The van der Waals surface area contributed by atoms with Gasteiger partial charge in [0.25, 0.3) is 0 Å². The number of aliphatic hydroxyl groups is 1. The fourth-order valence-electron chi connectivity index (χ4n) is 0.637. The van der Waals surface area contributed by atoms with Crippen LogP contribution in [-0.2, 0) is 9.53 Å². The molecule has 2 unspecified atom stereocenters. The van der Waals surface area contributed by atoms with Gasteiger partial charge in [0.2, 0.25) is 0 Å². The molecular formula is C10H23NO4. The topological polar surface area (TPSA) is 97.2 Å². The standard InChI is InChI=1S/C7H17NO.C3H6O3/c1-3-4-5-6-9-7(2)8;1-2(4)3(5)6/h7H,3-6,8H2,1-2H3;2,4H,1H3,(H,5,6). The largest absolute Gasteiger partial charge is 0.547 e. The molecule has 0 saturated heterocycles. The van der Waals surface area contributed by atoms with E-state index in [2.05, 4.69) is 12.7 Å². The molecule has 92 valence electrons. The maximum atomic E-state index is 9.34. The summed E-state index contributed by atoms with van der Waals surface area (Å²) in [4.78, 5) is 9.34. The zero-order valence-corrected chi connectivity index (χ0v) is 9.86. The lowest BCUT2D eigenvalue weighted by molar-refractivity contribution is -0.484. The summed E-state index contributed by atoms with van der Waals surface area (Å²) < 4.78 is 5.23. The van der Waals surface area contributed by atoms with E-state index in [0.29, 0.717) is 0 Å². The highest BCUT2D eigenvalue weighted by molar-refractivity contribution is 5.68. The van der Waals surface area contributed by atoms with Crippen molar-refractivity contribution in [2.75, 3.05) is 6.61 Å². The lowest BCUT2D eigenvalue weighted by Gasteiger charge is -2.02. The van der Waals surface area contributed by atoms with Gasteiger partial charge in [0.15, 0.2) is 6.23 Å². The number of hydrogen-bond acceptors (Lipinski definition) is 4. The Morgan fingerprint density at radius 1 is 1.47 bits per heavy atom. The molecule has 0 rings (SSSR count). The van der Waals surface area contributed by atoms with Crippen LogP contribution in [0.1, 0.15) is 40.0 Å². The molecule has 0 heterocycles. The van der Waals surface area contributed by atoms with Crippen molar-refractivity contribution in [1.29, 1.82) is 0 Å². The molecule has 0 aliphatic carbocycles. The number of ether oxygens (including phenoxy) is 1. The fourth-order valence-corrected chi connectivity index (χ4v) is 0.637. The molecule has 0 aromatic rings. The summed E-state index contributed by atoms with van der Waals surface area (Å²) in [6, 6.07) is 0. The van der Waals surface area contributed by atoms with Gasteiger partial charge >= 0.3 is 0 Å². The van der Waals surface area contributed by atoms with E-state index >= 15 is 0 Å². The molecule has 0 radical (unpaired) electrons. The molecule has 0 aliphatic rings. The molecule has 0 fully saturated rings. The highest BCUT2D eigenvalue weighted by Crippen LogP contribution is 1.93. The third-order valence-corrected chi connectivity index (χ3v) is 1.49. The van der Waals surface area contributed by atoms with Gasteiger partial charge in [-0.2, -0.15) is 0 Å². The predicted molar refractivity (Wildman–Crippen MR) is 54.5 cm³/mol. The van der Waals surface area contributed by atoms with Gasteiger partial charge in [-0.15, -0.1) is 0 Å². The van der Waals surface area contributed by atoms with E-state index in [1.165, 1.54) is 19.3 Å². The Hall–Kier alpha value is -0.650. The minimum Gasteiger partial charge on any atom is -0.547 e. The Morgan fingerprint density at radius 3 is 2.20 bits per heavy atom. The van der Waals surface area contributed by atoms with Crippen LogP contribution in [-0.4, -0.2) is 30.0 Å². The van der Waals surface area contributed by atoms with Gasteiger partial charge in [-0.25, -0.2) is 0 Å². The first kappa shape index (κ1) is 16.8. The number of quaternary nitrogens is 1. The minimum atomic E-state index is -1.44. The number of aliphatic carboxylic acids is 1. The quantitative estimate of drug-likeness (QED) is 0.439. The molecule has 0 spiro atoms. The molecule has 2 atom stereocenters. The van der Waals surface area contributed by atoms with Gasteiger partial charge in [-0.3, -0.25) is 0 Å². The normalized spacial score (nSPS) is 13.7. The van der Waals surface area contributed by atoms with Crippen molar-refractivity contribution in [3.8, 4) is 0 Å². The molecule has 0 saturated carbocycles. The van der Waals surface area contributed by atoms with Crippen molar-refractivity contribution in [3.05, 3.63) is 0 Å². The number of carbonyl (C=O) groups is 1. The number of carboxylic acid groups (broad SMARTS) is 1. The highest BCUT2D eigenvalue weighted by Gasteiger charge is 1.93. The molecule has 0 amide bonds. The fraction of sp³-hybridized carbons (Fsp3) is 0.900. The van der Waals surface area contributed by atoms with Crippen LogP contribution in [0.4, 0.5) is 0 Å². The minimum absolute atomic E-state index is 0.154. The van der Waals surface area contributed by atoms with Gasteiger partial charge in [-0.05, 0) is 13.3 Å². The first-order valence-electron chi connectivity index (χ1n) is 5.25. The van der Waals surface area contributed by atoms with Gasteiger partial charge < -0.3 is 25.5 Å². The number of rotatable bonds is 6. The molecular weight excluding hydrogens is 198 g/mol. The molecule has 0 bridgehead atoms. The second-order valence-electron chi connectivity index (χ2n) is 3.38. The van der Waals surface area contributed by atoms with Crippen molar-refractivity contribution in [1.82, 2.24) is 0 Å². The second-order valence-corrected chi connectivity index (χ2v) is 3.38. The summed E-state index contributed by atoms with van der Waals surface area (Å²) in [5, 5.41) is 17.3. The number of aliphatic hydroxyl groups excluding tert-OH is 1. The lowest BCUT2D eigenvalue weighted by Crippen LogP contribution is -2.60. The van der Waals surface area contributed by atoms with Crippen molar-refractivity contribution < 1.29 is 25.5 Å². The first-order valence-corrected chi connectivity index (χ1v) is 5.25. The van der Waals surface area contributed by atoms with E-state index < -0.39 is 12.1 Å². The van der Waals surface area contributed by atoms with Crippen molar-refractivity contribution in [2.24, 2.45) is 0 Å².